The second-order valence-electron chi connectivity index (χ2n) is 5.59. The van der Waals surface area contributed by atoms with Crippen LogP contribution in [-0.4, -0.2) is 17.8 Å². The van der Waals surface area contributed by atoms with Gasteiger partial charge in [0.2, 0.25) is 0 Å². The van der Waals surface area contributed by atoms with Crippen molar-refractivity contribution in [2.75, 3.05) is 6.61 Å². The molecule has 2 nitrogen and oxygen atoms in total. The van der Waals surface area contributed by atoms with E-state index in [0.29, 0.717) is 6.04 Å². The van der Waals surface area contributed by atoms with Gasteiger partial charge in [-0.3, -0.25) is 0 Å². The van der Waals surface area contributed by atoms with Crippen LogP contribution < -0.4 is 5.32 Å². The number of benzene rings is 1. The Balaban J connectivity index is 2.06. The van der Waals surface area contributed by atoms with Gasteiger partial charge in [-0.15, -0.1) is 0 Å². The van der Waals surface area contributed by atoms with Crippen LogP contribution in [0.4, 0.5) is 0 Å². The van der Waals surface area contributed by atoms with Crippen LogP contribution in [-0.2, 0) is 0 Å². The van der Waals surface area contributed by atoms with Crippen LogP contribution >= 0.6 is 11.6 Å². The quantitative estimate of drug-likeness (QED) is 0.818. The standard InChI is InChI=1S/C16H24ClNO/c1-12-10-13(17)8-9-15(12)16(11-19)18-14-6-4-2-3-5-7-14/h8-10,14,16,18-19H,2-7,11H2,1H3. The van der Waals surface area contributed by atoms with Gasteiger partial charge in [-0.05, 0) is 43.0 Å². The van der Waals surface area contributed by atoms with Crippen molar-refractivity contribution in [2.24, 2.45) is 0 Å². The Kier molecular flexibility index (Phi) is 5.68. The highest BCUT2D eigenvalue weighted by molar-refractivity contribution is 6.30. The van der Waals surface area contributed by atoms with E-state index >= 15 is 0 Å². The molecule has 0 amide bonds. The van der Waals surface area contributed by atoms with Crippen molar-refractivity contribution in [1.82, 2.24) is 5.32 Å². The van der Waals surface area contributed by atoms with Gasteiger partial charge in [0.15, 0.2) is 0 Å². The minimum atomic E-state index is 0.0281. The predicted molar refractivity (Wildman–Crippen MR) is 80.6 cm³/mol. The van der Waals surface area contributed by atoms with Crippen LogP contribution in [0.15, 0.2) is 18.2 Å². The Morgan fingerprint density at radius 2 is 1.95 bits per heavy atom. The van der Waals surface area contributed by atoms with E-state index in [1.54, 1.807) is 0 Å². The van der Waals surface area contributed by atoms with Crippen LogP contribution in [0.1, 0.15) is 55.7 Å². The van der Waals surface area contributed by atoms with E-state index in [4.69, 9.17) is 11.6 Å². The minimum absolute atomic E-state index is 0.0281. The maximum atomic E-state index is 9.68. The summed E-state index contributed by atoms with van der Waals surface area (Å²) in [4.78, 5) is 0. The fraction of sp³-hybridized carbons (Fsp3) is 0.625. The van der Waals surface area contributed by atoms with Crippen molar-refractivity contribution in [1.29, 1.82) is 0 Å². The second-order valence-corrected chi connectivity index (χ2v) is 6.03. The normalized spacial score (nSPS) is 19.1. The molecule has 0 aromatic heterocycles. The van der Waals surface area contributed by atoms with E-state index < -0.39 is 0 Å². The molecule has 106 valence electrons. The summed E-state index contributed by atoms with van der Waals surface area (Å²) < 4.78 is 0. The summed E-state index contributed by atoms with van der Waals surface area (Å²) in [5, 5.41) is 14.1. The van der Waals surface area contributed by atoms with Crippen LogP contribution in [0.25, 0.3) is 0 Å². The van der Waals surface area contributed by atoms with Crippen molar-refractivity contribution in [3.63, 3.8) is 0 Å². The average molecular weight is 282 g/mol. The van der Waals surface area contributed by atoms with Crippen LogP contribution in [0.5, 0.6) is 0 Å². The lowest BCUT2D eigenvalue weighted by atomic mass is 9.99. The summed E-state index contributed by atoms with van der Waals surface area (Å²) in [6.07, 6.45) is 7.75. The van der Waals surface area contributed by atoms with E-state index in [2.05, 4.69) is 12.2 Å². The van der Waals surface area contributed by atoms with Gasteiger partial charge in [-0.2, -0.15) is 0 Å². The van der Waals surface area contributed by atoms with E-state index in [0.717, 1.165) is 16.1 Å². The minimum Gasteiger partial charge on any atom is -0.394 e. The monoisotopic (exact) mass is 281 g/mol. The number of aryl methyl sites for hydroxylation is 1. The van der Waals surface area contributed by atoms with Crippen LogP contribution in [0.2, 0.25) is 5.02 Å². The first-order chi connectivity index (χ1) is 9.20. The molecule has 19 heavy (non-hydrogen) atoms. The number of aliphatic hydroxyl groups excluding tert-OH is 1. The lowest BCUT2D eigenvalue weighted by Gasteiger charge is -2.25. The van der Waals surface area contributed by atoms with Gasteiger partial charge in [0.1, 0.15) is 0 Å². The van der Waals surface area contributed by atoms with E-state index in [1.165, 1.54) is 38.5 Å². The number of rotatable bonds is 4. The van der Waals surface area contributed by atoms with Gasteiger partial charge in [0, 0.05) is 11.1 Å². The summed E-state index contributed by atoms with van der Waals surface area (Å²) in [5.74, 6) is 0. The summed E-state index contributed by atoms with van der Waals surface area (Å²) in [5.41, 5.74) is 2.31. The van der Waals surface area contributed by atoms with Crippen molar-refractivity contribution in [2.45, 2.75) is 57.5 Å². The zero-order chi connectivity index (χ0) is 13.7. The molecule has 0 saturated heterocycles. The number of nitrogens with one attached hydrogen (secondary N) is 1. The van der Waals surface area contributed by atoms with Crippen molar-refractivity contribution < 1.29 is 5.11 Å². The van der Waals surface area contributed by atoms with Gasteiger partial charge >= 0.3 is 0 Å². The number of hydrogen-bond acceptors (Lipinski definition) is 2. The SMILES string of the molecule is Cc1cc(Cl)ccc1C(CO)NC1CCCCCC1. The fourth-order valence-electron chi connectivity index (χ4n) is 3.00. The molecule has 2 rings (SSSR count). The third-order valence-corrected chi connectivity index (χ3v) is 4.32. The topological polar surface area (TPSA) is 32.3 Å². The molecule has 1 saturated carbocycles. The Labute approximate surface area is 121 Å². The van der Waals surface area contributed by atoms with E-state index in [9.17, 15) is 5.11 Å². The maximum absolute atomic E-state index is 9.68. The highest BCUT2D eigenvalue weighted by atomic mass is 35.5. The molecule has 1 unspecified atom stereocenters. The molecule has 2 N–H and O–H groups in total. The molecule has 1 aromatic rings. The second kappa shape index (κ2) is 7.28. The van der Waals surface area contributed by atoms with E-state index in [-0.39, 0.29) is 12.6 Å². The molecule has 0 heterocycles. The maximum Gasteiger partial charge on any atom is 0.0626 e. The summed E-state index contributed by atoms with van der Waals surface area (Å²) >= 11 is 6.00. The molecule has 0 radical (unpaired) electrons. The first-order valence-electron chi connectivity index (χ1n) is 7.33. The zero-order valence-electron chi connectivity index (χ0n) is 11.7. The fourth-order valence-corrected chi connectivity index (χ4v) is 3.23. The van der Waals surface area contributed by atoms with Crippen LogP contribution in [0, 0.1) is 6.92 Å². The lowest BCUT2D eigenvalue weighted by Crippen LogP contribution is -2.34. The first-order valence-corrected chi connectivity index (χ1v) is 7.71. The summed E-state index contributed by atoms with van der Waals surface area (Å²) in [7, 11) is 0. The highest BCUT2D eigenvalue weighted by Crippen LogP contribution is 2.24. The third-order valence-electron chi connectivity index (χ3n) is 4.08. The molecular weight excluding hydrogens is 258 g/mol. The largest absolute Gasteiger partial charge is 0.394 e. The Morgan fingerprint density at radius 3 is 2.53 bits per heavy atom. The van der Waals surface area contributed by atoms with Crippen molar-refractivity contribution in [3.8, 4) is 0 Å². The molecule has 1 atom stereocenters. The number of hydrogen-bond donors (Lipinski definition) is 2. The first kappa shape index (κ1) is 14.8. The van der Waals surface area contributed by atoms with E-state index in [1.807, 2.05) is 18.2 Å². The zero-order valence-corrected chi connectivity index (χ0v) is 12.4. The van der Waals surface area contributed by atoms with Gasteiger partial charge in [-0.25, -0.2) is 0 Å². The summed E-state index contributed by atoms with van der Waals surface area (Å²) in [6, 6.07) is 6.47. The number of aliphatic hydroxyl groups is 1. The summed E-state index contributed by atoms with van der Waals surface area (Å²) in [6.45, 7) is 2.19. The molecule has 1 fully saturated rings. The predicted octanol–water partition coefficient (Wildman–Crippen LogP) is 3.99. The molecule has 1 aliphatic carbocycles. The van der Waals surface area contributed by atoms with Gasteiger partial charge in [-0.1, -0.05) is 43.4 Å². The molecule has 0 spiro atoms. The molecule has 3 heteroatoms. The Bertz CT molecular complexity index is 400. The molecule has 1 aromatic carbocycles. The number of halogens is 1. The van der Waals surface area contributed by atoms with Gasteiger partial charge < -0.3 is 10.4 Å². The average Bonchev–Trinajstić information content (AvgIpc) is 2.65. The molecular formula is C16H24ClNO. The van der Waals surface area contributed by atoms with Crippen molar-refractivity contribution >= 4 is 11.6 Å². The third kappa shape index (κ3) is 4.20. The molecule has 0 bridgehead atoms. The van der Waals surface area contributed by atoms with Crippen LogP contribution in [0.3, 0.4) is 0 Å². The molecule has 1 aliphatic rings. The smallest absolute Gasteiger partial charge is 0.0626 e. The van der Waals surface area contributed by atoms with Crippen molar-refractivity contribution in [3.05, 3.63) is 34.3 Å². The Morgan fingerprint density at radius 1 is 1.26 bits per heavy atom. The Hall–Kier alpha value is -0.570. The van der Waals surface area contributed by atoms with Gasteiger partial charge in [0.05, 0.1) is 12.6 Å². The highest BCUT2D eigenvalue weighted by Gasteiger charge is 2.19. The molecule has 0 aliphatic heterocycles. The lowest BCUT2D eigenvalue weighted by molar-refractivity contribution is 0.228. The van der Waals surface area contributed by atoms with Gasteiger partial charge in [0.25, 0.3) is 0 Å².